The van der Waals surface area contributed by atoms with Crippen molar-refractivity contribution in [2.24, 2.45) is 0 Å². The molecule has 4 heteroatoms. The molecule has 0 aliphatic heterocycles. The van der Waals surface area contributed by atoms with Crippen LogP contribution in [0, 0.1) is 6.39 Å². The molecule has 0 atom stereocenters. The van der Waals surface area contributed by atoms with Gasteiger partial charge < -0.3 is 4.42 Å². The van der Waals surface area contributed by atoms with Crippen LogP contribution in [-0.2, 0) is 0 Å². The van der Waals surface area contributed by atoms with E-state index in [2.05, 4.69) is 11.4 Å². The van der Waals surface area contributed by atoms with Crippen molar-refractivity contribution in [3.05, 3.63) is 40.9 Å². The number of nitrogens with zero attached hydrogens (tertiary/aromatic N) is 1. The molecule has 0 saturated heterocycles. The summed E-state index contributed by atoms with van der Waals surface area (Å²) in [5, 5.41) is 1.10. The van der Waals surface area contributed by atoms with Gasteiger partial charge in [0, 0.05) is 5.56 Å². The summed E-state index contributed by atoms with van der Waals surface area (Å²) in [6.45, 7) is 0. The van der Waals surface area contributed by atoms with Crippen molar-refractivity contribution >= 4 is 23.2 Å². The van der Waals surface area contributed by atoms with Gasteiger partial charge in [-0.3, -0.25) is 0 Å². The van der Waals surface area contributed by atoms with Crippen molar-refractivity contribution in [2.45, 2.75) is 0 Å². The largest absolute Gasteiger partial charge is 0.440 e. The highest BCUT2D eigenvalue weighted by molar-refractivity contribution is 6.39. The predicted octanol–water partition coefficient (Wildman–Crippen LogP) is 3.45. The highest BCUT2D eigenvalue weighted by Crippen LogP contribution is 2.32. The standard InChI is InChI=1S/C9H4Cl2NO/c10-6-2-1-3-7(11)9(6)8-4-13-5-12-8/h1-4H. The molecule has 0 aliphatic carbocycles. The first-order chi connectivity index (χ1) is 6.29. The van der Waals surface area contributed by atoms with Crippen molar-refractivity contribution in [2.75, 3.05) is 0 Å². The molecule has 1 radical (unpaired) electrons. The summed E-state index contributed by atoms with van der Waals surface area (Å²) in [5.74, 6) is 0. The SMILES string of the molecule is Clc1cccc(Cl)c1-c1co[c]n1. The Kier molecular flexibility index (Phi) is 2.25. The van der Waals surface area contributed by atoms with Crippen LogP contribution < -0.4 is 0 Å². The highest BCUT2D eigenvalue weighted by atomic mass is 35.5. The molecule has 0 N–H and O–H groups in total. The van der Waals surface area contributed by atoms with Crippen LogP contribution in [-0.4, -0.2) is 4.98 Å². The molecule has 0 saturated carbocycles. The summed E-state index contributed by atoms with van der Waals surface area (Å²) in [7, 11) is 0. The third-order valence-electron chi connectivity index (χ3n) is 1.61. The Hall–Kier alpha value is -0.990. The summed E-state index contributed by atoms with van der Waals surface area (Å²) in [6.07, 6.45) is 3.79. The number of hydrogen-bond acceptors (Lipinski definition) is 2. The first-order valence-electron chi connectivity index (χ1n) is 3.55. The van der Waals surface area contributed by atoms with Crippen molar-refractivity contribution in [3.63, 3.8) is 0 Å². The topological polar surface area (TPSA) is 26.0 Å². The fourth-order valence-electron chi connectivity index (χ4n) is 1.04. The minimum absolute atomic E-state index is 0.551. The second-order valence-corrected chi connectivity index (χ2v) is 3.24. The lowest BCUT2D eigenvalue weighted by molar-refractivity contribution is 0.548. The van der Waals surface area contributed by atoms with Crippen molar-refractivity contribution < 1.29 is 4.42 Å². The molecule has 0 unspecified atom stereocenters. The fourth-order valence-corrected chi connectivity index (χ4v) is 1.63. The van der Waals surface area contributed by atoms with E-state index in [0.29, 0.717) is 21.3 Å². The summed E-state index contributed by atoms with van der Waals surface area (Å²) >= 11 is 11.9. The van der Waals surface area contributed by atoms with Crippen LogP contribution >= 0.6 is 23.2 Å². The van der Waals surface area contributed by atoms with Crippen LogP contribution in [0.4, 0.5) is 0 Å². The Morgan fingerprint density at radius 3 is 2.46 bits per heavy atom. The molecule has 0 amide bonds. The molecule has 2 nitrogen and oxygen atoms in total. The predicted molar refractivity (Wildman–Crippen MR) is 50.8 cm³/mol. The van der Waals surface area contributed by atoms with Gasteiger partial charge in [0.25, 0.3) is 6.39 Å². The Balaban J connectivity index is 2.64. The van der Waals surface area contributed by atoms with E-state index in [1.165, 1.54) is 6.26 Å². The molecule has 2 aromatic rings. The molecule has 2 rings (SSSR count). The van der Waals surface area contributed by atoms with Crippen molar-refractivity contribution in [3.8, 4) is 11.3 Å². The van der Waals surface area contributed by atoms with Gasteiger partial charge in [-0.1, -0.05) is 29.3 Å². The smallest absolute Gasteiger partial charge is 0.284 e. The number of aromatic nitrogens is 1. The normalized spacial score (nSPS) is 10.3. The molecular formula is C9H4Cl2NO. The Morgan fingerprint density at radius 2 is 1.92 bits per heavy atom. The first kappa shape index (κ1) is 8.60. The zero-order valence-corrected chi connectivity index (χ0v) is 7.93. The molecule has 1 aromatic carbocycles. The summed E-state index contributed by atoms with van der Waals surface area (Å²) in [4.78, 5) is 3.85. The molecule has 1 heterocycles. The lowest BCUT2D eigenvalue weighted by atomic mass is 10.2. The molecule has 0 fully saturated rings. The van der Waals surface area contributed by atoms with Gasteiger partial charge >= 0.3 is 0 Å². The van der Waals surface area contributed by atoms with Crippen LogP contribution in [0.5, 0.6) is 0 Å². The van der Waals surface area contributed by atoms with Crippen LogP contribution in [0.25, 0.3) is 11.3 Å². The summed E-state index contributed by atoms with van der Waals surface area (Å²) in [5.41, 5.74) is 1.27. The number of hydrogen-bond donors (Lipinski definition) is 0. The zero-order chi connectivity index (χ0) is 9.26. The number of halogens is 2. The van der Waals surface area contributed by atoms with E-state index in [1.54, 1.807) is 18.2 Å². The number of rotatable bonds is 1. The maximum absolute atomic E-state index is 5.94. The second-order valence-electron chi connectivity index (χ2n) is 2.42. The summed E-state index contributed by atoms with van der Waals surface area (Å²) < 4.78 is 4.73. The van der Waals surface area contributed by atoms with Gasteiger partial charge in [0.15, 0.2) is 0 Å². The molecule has 0 aliphatic rings. The third-order valence-corrected chi connectivity index (χ3v) is 2.24. The van der Waals surface area contributed by atoms with Crippen molar-refractivity contribution in [1.29, 1.82) is 0 Å². The van der Waals surface area contributed by atoms with Crippen LogP contribution in [0.3, 0.4) is 0 Å². The van der Waals surface area contributed by atoms with Crippen molar-refractivity contribution in [1.82, 2.24) is 4.98 Å². The quantitative estimate of drug-likeness (QED) is 0.724. The Labute approximate surface area is 85.1 Å². The highest BCUT2D eigenvalue weighted by Gasteiger charge is 2.09. The molecular weight excluding hydrogens is 209 g/mol. The van der Waals surface area contributed by atoms with E-state index >= 15 is 0 Å². The molecule has 1 aromatic heterocycles. The summed E-state index contributed by atoms with van der Waals surface area (Å²) in [6, 6.07) is 5.27. The zero-order valence-electron chi connectivity index (χ0n) is 6.42. The number of benzene rings is 1. The van der Waals surface area contributed by atoms with Gasteiger partial charge in [0.2, 0.25) is 0 Å². The minimum atomic E-state index is 0.551. The van der Waals surface area contributed by atoms with Gasteiger partial charge in [-0.05, 0) is 12.1 Å². The van der Waals surface area contributed by atoms with E-state index < -0.39 is 0 Å². The average Bonchev–Trinajstić information content (AvgIpc) is 2.57. The lowest BCUT2D eigenvalue weighted by Gasteiger charge is -2.01. The van der Waals surface area contributed by atoms with E-state index in [1.807, 2.05) is 0 Å². The Bertz CT molecular complexity index is 391. The van der Waals surface area contributed by atoms with Crippen LogP contribution in [0.15, 0.2) is 28.9 Å². The lowest BCUT2D eigenvalue weighted by Crippen LogP contribution is -1.80. The van der Waals surface area contributed by atoms with E-state index in [4.69, 9.17) is 27.6 Å². The minimum Gasteiger partial charge on any atom is -0.440 e. The maximum atomic E-state index is 5.94. The molecule has 65 valence electrons. The van der Waals surface area contributed by atoms with E-state index in [9.17, 15) is 0 Å². The second kappa shape index (κ2) is 3.40. The Morgan fingerprint density at radius 1 is 1.23 bits per heavy atom. The molecule has 0 bridgehead atoms. The van der Waals surface area contributed by atoms with Crippen LogP contribution in [0.1, 0.15) is 0 Å². The fraction of sp³-hybridized carbons (Fsp3) is 0. The third kappa shape index (κ3) is 1.55. The first-order valence-corrected chi connectivity index (χ1v) is 4.30. The monoisotopic (exact) mass is 212 g/mol. The number of oxazole rings is 1. The van der Waals surface area contributed by atoms with Gasteiger partial charge in [0.05, 0.1) is 10.0 Å². The van der Waals surface area contributed by atoms with E-state index in [0.717, 1.165) is 0 Å². The van der Waals surface area contributed by atoms with Gasteiger partial charge in [0.1, 0.15) is 12.0 Å². The maximum Gasteiger partial charge on any atom is 0.284 e. The van der Waals surface area contributed by atoms with Gasteiger partial charge in [-0.2, -0.15) is 0 Å². The van der Waals surface area contributed by atoms with Gasteiger partial charge in [-0.25, -0.2) is 4.98 Å². The molecule has 13 heavy (non-hydrogen) atoms. The van der Waals surface area contributed by atoms with Crippen LogP contribution in [0.2, 0.25) is 10.0 Å². The van der Waals surface area contributed by atoms with E-state index in [-0.39, 0.29) is 0 Å². The molecule has 0 spiro atoms. The average molecular weight is 213 g/mol. The van der Waals surface area contributed by atoms with Gasteiger partial charge in [-0.15, -0.1) is 0 Å².